The third-order valence-electron chi connectivity index (χ3n) is 7.85. The highest BCUT2D eigenvalue weighted by Crippen LogP contribution is 2.32. The Morgan fingerprint density at radius 3 is 2.45 bits per heavy atom. The van der Waals surface area contributed by atoms with Gasteiger partial charge in [-0.3, -0.25) is 4.79 Å². The third kappa shape index (κ3) is 8.95. The van der Waals surface area contributed by atoms with E-state index in [0.717, 1.165) is 40.3 Å². The van der Waals surface area contributed by atoms with Crippen LogP contribution in [0.1, 0.15) is 35.4 Å². The van der Waals surface area contributed by atoms with Crippen molar-refractivity contribution < 1.29 is 33.6 Å². The van der Waals surface area contributed by atoms with Crippen molar-refractivity contribution in [2.24, 2.45) is 5.73 Å². The molecule has 0 aliphatic carbocycles. The van der Waals surface area contributed by atoms with E-state index in [1.807, 2.05) is 72.8 Å². The van der Waals surface area contributed by atoms with Gasteiger partial charge in [0.15, 0.2) is 0 Å². The molecule has 1 saturated heterocycles. The lowest BCUT2D eigenvalue weighted by Crippen LogP contribution is -2.47. The van der Waals surface area contributed by atoms with Crippen molar-refractivity contribution in [2.75, 3.05) is 58.5 Å². The van der Waals surface area contributed by atoms with E-state index in [9.17, 15) is 14.7 Å². The maximum absolute atomic E-state index is 13.1. The number of rotatable bonds is 15. The summed E-state index contributed by atoms with van der Waals surface area (Å²) in [6.45, 7) is 2.45. The second-order valence-corrected chi connectivity index (χ2v) is 10.7. The first-order valence-electron chi connectivity index (χ1n) is 15.0. The molecule has 0 radical (unpaired) electrons. The van der Waals surface area contributed by atoms with E-state index in [0.29, 0.717) is 45.8 Å². The van der Waals surface area contributed by atoms with E-state index >= 15 is 0 Å². The fraction of sp³-hybridized carbons (Fsp3) is 0.412. The average Bonchev–Trinajstić information content (AvgIpc) is 3.05. The molecule has 3 aromatic carbocycles. The van der Waals surface area contributed by atoms with Crippen molar-refractivity contribution in [1.29, 1.82) is 0 Å². The zero-order valence-electron chi connectivity index (χ0n) is 25.5. The number of para-hydroxylation sites is 2. The Balaban J connectivity index is 1.29. The van der Waals surface area contributed by atoms with Crippen LogP contribution in [0.3, 0.4) is 0 Å². The minimum atomic E-state index is -0.994. The molecule has 0 aromatic heterocycles. The quantitative estimate of drug-likeness (QED) is 0.239. The zero-order chi connectivity index (χ0) is 31.3. The van der Waals surface area contributed by atoms with Crippen LogP contribution in [0.5, 0.6) is 11.5 Å². The number of nitrogens with zero attached hydrogens (tertiary/aromatic N) is 2. The first-order valence-corrected chi connectivity index (χ1v) is 15.0. The fourth-order valence-corrected chi connectivity index (χ4v) is 5.42. The van der Waals surface area contributed by atoms with Crippen LogP contribution in [0.2, 0.25) is 0 Å². The highest BCUT2D eigenvalue weighted by molar-refractivity contribution is 5.94. The molecule has 1 aliphatic rings. The number of methoxy groups -OCH3 is 1. The number of ether oxygens (including phenoxy) is 4. The van der Waals surface area contributed by atoms with Crippen molar-refractivity contribution in [3.05, 3.63) is 89.5 Å². The Kier molecular flexibility index (Phi) is 12.4. The molecule has 10 nitrogen and oxygen atoms in total. The van der Waals surface area contributed by atoms with Crippen LogP contribution in [0, 0.1) is 0 Å². The van der Waals surface area contributed by atoms with Crippen LogP contribution in [0.25, 0.3) is 0 Å². The Morgan fingerprint density at radius 1 is 1.00 bits per heavy atom. The maximum atomic E-state index is 13.1. The van der Waals surface area contributed by atoms with Crippen LogP contribution >= 0.6 is 0 Å². The molecule has 236 valence electrons. The lowest BCUT2D eigenvalue weighted by Gasteiger charge is -2.37. The van der Waals surface area contributed by atoms with Crippen molar-refractivity contribution in [3.63, 3.8) is 0 Å². The Hall–Kier alpha value is -4.12. The van der Waals surface area contributed by atoms with Gasteiger partial charge in [0.1, 0.15) is 18.1 Å². The molecule has 0 saturated carbocycles. The smallest absolute Gasteiger partial charge is 0.407 e. The normalized spacial score (nSPS) is 16.4. The molecule has 10 heteroatoms. The van der Waals surface area contributed by atoms with Gasteiger partial charge < -0.3 is 39.6 Å². The lowest BCUT2D eigenvalue weighted by atomic mass is 9.87. The molecule has 1 heterocycles. The molecule has 0 spiro atoms. The van der Waals surface area contributed by atoms with Gasteiger partial charge in [-0.15, -0.1) is 0 Å². The highest BCUT2D eigenvalue weighted by Gasteiger charge is 2.34. The minimum Gasteiger partial charge on any atom is -0.496 e. The summed E-state index contributed by atoms with van der Waals surface area (Å²) in [4.78, 5) is 27.8. The van der Waals surface area contributed by atoms with E-state index in [1.165, 1.54) is 4.90 Å². The Bertz CT molecular complexity index is 1350. The van der Waals surface area contributed by atoms with Gasteiger partial charge in [-0.25, -0.2) is 4.79 Å². The number of piperidine rings is 1. The van der Waals surface area contributed by atoms with Gasteiger partial charge in [0.05, 0.1) is 39.6 Å². The van der Waals surface area contributed by atoms with E-state index < -0.39 is 12.2 Å². The van der Waals surface area contributed by atoms with Crippen molar-refractivity contribution in [1.82, 2.24) is 4.90 Å². The fourth-order valence-electron chi connectivity index (χ4n) is 5.42. The second kappa shape index (κ2) is 16.7. The number of likely N-dealkylation sites (tertiary alicyclic amines) is 1. The molecule has 4 rings (SSSR count). The van der Waals surface area contributed by atoms with Crippen molar-refractivity contribution >= 4 is 17.7 Å². The van der Waals surface area contributed by atoms with Gasteiger partial charge in [0, 0.05) is 37.2 Å². The van der Waals surface area contributed by atoms with Gasteiger partial charge in [0.2, 0.25) is 0 Å². The second-order valence-electron chi connectivity index (χ2n) is 10.7. The number of benzene rings is 3. The van der Waals surface area contributed by atoms with Crippen LogP contribution in [0.4, 0.5) is 10.5 Å². The number of likely N-dealkylation sites (N-methyl/N-ethyl adjacent to an activating group) is 1. The number of carboxylic acid groups (broad SMARTS) is 1. The standard InChI is InChI=1S/C34H43N3O7/c1-36(30-10-5-3-8-26(30)16-18-35)33(38)24-44-32-22-37(34(39)40)19-17-29(32)25-12-14-28(15-13-25)43-21-7-20-42-23-27-9-4-6-11-31(27)41-2/h3-6,8-15,29,32H,7,16-24,35H2,1-2H3,(H,39,40). The molecule has 3 N–H and O–H groups in total. The summed E-state index contributed by atoms with van der Waals surface area (Å²) in [6, 6.07) is 23.2. The molecule has 44 heavy (non-hydrogen) atoms. The Labute approximate surface area is 259 Å². The third-order valence-corrected chi connectivity index (χ3v) is 7.85. The number of hydrogen-bond acceptors (Lipinski definition) is 7. The van der Waals surface area contributed by atoms with Gasteiger partial charge in [-0.05, 0) is 54.8 Å². The first-order chi connectivity index (χ1) is 21.4. The molecular formula is C34H43N3O7. The summed E-state index contributed by atoms with van der Waals surface area (Å²) in [5.41, 5.74) is 9.55. The van der Waals surface area contributed by atoms with Gasteiger partial charge in [-0.1, -0.05) is 48.5 Å². The molecule has 2 unspecified atom stereocenters. The topological polar surface area (TPSA) is 124 Å². The highest BCUT2D eigenvalue weighted by atomic mass is 16.5. The summed E-state index contributed by atoms with van der Waals surface area (Å²) >= 11 is 0. The minimum absolute atomic E-state index is 0.0642. The predicted molar refractivity (Wildman–Crippen MR) is 169 cm³/mol. The first kappa shape index (κ1) is 32.8. The summed E-state index contributed by atoms with van der Waals surface area (Å²) in [5.74, 6) is 1.28. The average molecular weight is 606 g/mol. The van der Waals surface area contributed by atoms with Gasteiger partial charge in [0.25, 0.3) is 5.91 Å². The van der Waals surface area contributed by atoms with Crippen LogP contribution in [-0.2, 0) is 27.3 Å². The number of anilines is 1. The Morgan fingerprint density at radius 2 is 1.73 bits per heavy atom. The molecule has 2 atom stereocenters. The van der Waals surface area contributed by atoms with Crippen molar-refractivity contribution in [2.45, 2.75) is 37.9 Å². The van der Waals surface area contributed by atoms with Crippen LogP contribution in [-0.4, -0.2) is 81.7 Å². The summed E-state index contributed by atoms with van der Waals surface area (Å²) < 4.78 is 23.2. The zero-order valence-corrected chi connectivity index (χ0v) is 25.5. The largest absolute Gasteiger partial charge is 0.496 e. The molecule has 1 fully saturated rings. The SMILES string of the molecule is COc1ccccc1COCCCOc1ccc(C2CCN(C(=O)O)CC2OCC(=O)N(C)c2ccccc2CCN)cc1. The maximum Gasteiger partial charge on any atom is 0.407 e. The number of carbonyl (C=O) groups is 2. The lowest BCUT2D eigenvalue weighted by molar-refractivity contribution is -0.126. The van der Waals surface area contributed by atoms with E-state index in [-0.39, 0.29) is 25.0 Å². The monoisotopic (exact) mass is 605 g/mol. The number of nitrogens with two attached hydrogens (primary N) is 1. The molecular weight excluding hydrogens is 562 g/mol. The molecule has 2 amide bonds. The molecule has 3 aromatic rings. The molecule has 1 aliphatic heterocycles. The molecule has 0 bridgehead atoms. The van der Waals surface area contributed by atoms with Gasteiger partial charge >= 0.3 is 6.09 Å². The van der Waals surface area contributed by atoms with Crippen LogP contribution < -0.4 is 20.1 Å². The predicted octanol–water partition coefficient (Wildman–Crippen LogP) is 4.70. The van der Waals surface area contributed by atoms with Crippen molar-refractivity contribution in [3.8, 4) is 11.5 Å². The van der Waals surface area contributed by atoms with E-state index in [1.54, 1.807) is 19.1 Å². The van der Waals surface area contributed by atoms with Gasteiger partial charge in [-0.2, -0.15) is 0 Å². The van der Waals surface area contributed by atoms with E-state index in [4.69, 9.17) is 24.7 Å². The number of amides is 2. The van der Waals surface area contributed by atoms with E-state index in [2.05, 4.69) is 0 Å². The summed E-state index contributed by atoms with van der Waals surface area (Å²) in [6.07, 6.45) is 0.518. The summed E-state index contributed by atoms with van der Waals surface area (Å²) in [5, 5.41) is 9.62. The van der Waals surface area contributed by atoms with Crippen LogP contribution in [0.15, 0.2) is 72.8 Å². The number of hydrogen-bond donors (Lipinski definition) is 2. The number of carbonyl (C=O) groups excluding carboxylic acids is 1. The summed E-state index contributed by atoms with van der Waals surface area (Å²) in [7, 11) is 3.37.